The number of anilines is 1. The van der Waals surface area contributed by atoms with Crippen LogP contribution in [0.4, 0.5) is 5.82 Å². The molecule has 0 amide bonds. The van der Waals surface area contributed by atoms with E-state index in [0.717, 1.165) is 6.42 Å². The molecule has 5 heteroatoms. The third kappa shape index (κ3) is 2.03. The maximum Gasteiger partial charge on any atom is 0.163 e. The summed E-state index contributed by atoms with van der Waals surface area (Å²) >= 11 is 0. The molecule has 14 heavy (non-hydrogen) atoms. The average Bonchev–Trinajstić information content (AvgIpc) is 2.45. The van der Waals surface area contributed by atoms with Crippen molar-refractivity contribution in [2.45, 2.75) is 26.3 Å². The minimum atomic E-state index is -0.200. The van der Waals surface area contributed by atoms with Crippen molar-refractivity contribution in [2.75, 3.05) is 5.73 Å². The molecule has 1 atom stereocenters. The monoisotopic (exact) mass is 193 g/mol. The van der Waals surface area contributed by atoms with Crippen LogP contribution in [-0.2, 0) is 0 Å². The van der Waals surface area contributed by atoms with E-state index < -0.39 is 0 Å². The van der Waals surface area contributed by atoms with E-state index in [9.17, 15) is 0 Å². The van der Waals surface area contributed by atoms with E-state index in [1.54, 1.807) is 0 Å². The normalized spacial score (nSPS) is 12.8. The first-order chi connectivity index (χ1) is 6.56. The molecule has 1 heterocycles. The van der Waals surface area contributed by atoms with Gasteiger partial charge in [-0.25, -0.2) is 0 Å². The summed E-state index contributed by atoms with van der Waals surface area (Å²) < 4.78 is 0. The van der Waals surface area contributed by atoms with Crippen LogP contribution in [0.25, 0.3) is 0 Å². The maximum absolute atomic E-state index is 8.83. The number of hydrogen-bond donors (Lipinski definition) is 3. The molecule has 76 valence electrons. The molecular weight excluding hydrogens is 178 g/mol. The molecule has 5 nitrogen and oxygen atoms in total. The molecule has 1 aromatic heterocycles. The third-order valence-corrected chi connectivity index (χ3v) is 2.03. The number of H-pyrrole nitrogens is 1. The first kappa shape index (κ1) is 10.5. The van der Waals surface area contributed by atoms with Gasteiger partial charge < -0.3 is 11.5 Å². The quantitative estimate of drug-likeness (QED) is 0.663. The molecule has 1 rings (SSSR count). The highest BCUT2D eigenvalue weighted by Gasteiger charge is 2.17. The highest BCUT2D eigenvalue weighted by Crippen LogP contribution is 2.22. The Kier molecular flexibility index (Phi) is 3.10. The molecule has 1 aromatic rings. The van der Waals surface area contributed by atoms with Crippen molar-refractivity contribution in [1.82, 2.24) is 10.2 Å². The summed E-state index contributed by atoms with van der Waals surface area (Å²) in [5, 5.41) is 15.3. The van der Waals surface area contributed by atoms with E-state index in [-0.39, 0.29) is 11.9 Å². The highest BCUT2D eigenvalue weighted by molar-refractivity contribution is 5.51. The number of aromatic amines is 1. The van der Waals surface area contributed by atoms with Gasteiger partial charge in [-0.2, -0.15) is 10.4 Å². The van der Waals surface area contributed by atoms with Crippen molar-refractivity contribution in [3.05, 3.63) is 11.3 Å². The van der Waals surface area contributed by atoms with Crippen LogP contribution in [-0.4, -0.2) is 10.2 Å². The summed E-state index contributed by atoms with van der Waals surface area (Å²) in [4.78, 5) is 0. The Morgan fingerprint density at radius 1 is 1.57 bits per heavy atom. The van der Waals surface area contributed by atoms with Crippen molar-refractivity contribution in [1.29, 1.82) is 5.26 Å². The largest absolute Gasteiger partial charge is 0.381 e. The fraction of sp³-hybridized carbons (Fsp3) is 0.556. The van der Waals surface area contributed by atoms with E-state index >= 15 is 0 Å². The second-order valence-corrected chi connectivity index (χ2v) is 3.75. The molecule has 0 radical (unpaired) electrons. The first-order valence-corrected chi connectivity index (χ1v) is 4.55. The fourth-order valence-electron chi connectivity index (χ4n) is 1.38. The van der Waals surface area contributed by atoms with Gasteiger partial charge in [0.2, 0.25) is 0 Å². The SMILES string of the molecule is CC(C)CC(N)c1[nH]nc(N)c1C#N. The Hall–Kier alpha value is -1.54. The van der Waals surface area contributed by atoms with Gasteiger partial charge in [-0.1, -0.05) is 13.8 Å². The molecule has 0 spiro atoms. The zero-order valence-electron chi connectivity index (χ0n) is 8.41. The highest BCUT2D eigenvalue weighted by atomic mass is 15.2. The number of nitrogens with two attached hydrogens (primary N) is 2. The van der Waals surface area contributed by atoms with Crippen LogP contribution in [0.1, 0.15) is 37.6 Å². The van der Waals surface area contributed by atoms with Crippen LogP contribution >= 0.6 is 0 Å². The lowest BCUT2D eigenvalue weighted by atomic mass is 10.00. The lowest BCUT2D eigenvalue weighted by molar-refractivity contribution is 0.501. The number of rotatable bonds is 3. The van der Waals surface area contributed by atoms with E-state index in [1.807, 2.05) is 6.07 Å². The lowest BCUT2D eigenvalue weighted by Crippen LogP contribution is -2.14. The molecular formula is C9H15N5. The number of nitrogen functional groups attached to an aromatic ring is 1. The summed E-state index contributed by atoms with van der Waals surface area (Å²) in [6.07, 6.45) is 0.802. The Morgan fingerprint density at radius 2 is 2.21 bits per heavy atom. The summed E-state index contributed by atoms with van der Waals surface area (Å²) in [6.45, 7) is 4.15. The number of hydrogen-bond acceptors (Lipinski definition) is 4. The van der Waals surface area contributed by atoms with E-state index in [2.05, 4.69) is 24.0 Å². The molecule has 0 saturated carbocycles. The van der Waals surface area contributed by atoms with E-state index in [1.165, 1.54) is 0 Å². The summed E-state index contributed by atoms with van der Waals surface area (Å²) in [6, 6.07) is 1.80. The molecule has 0 fully saturated rings. The molecule has 0 saturated heterocycles. The lowest BCUT2D eigenvalue weighted by Gasteiger charge is -2.12. The van der Waals surface area contributed by atoms with Gasteiger partial charge in [0, 0.05) is 6.04 Å². The Morgan fingerprint density at radius 3 is 2.71 bits per heavy atom. The molecule has 0 aliphatic heterocycles. The Bertz CT molecular complexity index is 347. The minimum Gasteiger partial charge on any atom is -0.381 e. The van der Waals surface area contributed by atoms with Crippen LogP contribution in [0.3, 0.4) is 0 Å². The molecule has 5 N–H and O–H groups in total. The molecule has 0 aliphatic carbocycles. The topological polar surface area (TPSA) is 105 Å². The van der Waals surface area contributed by atoms with Crippen molar-refractivity contribution in [2.24, 2.45) is 11.7 Å². The average molecular weight is 193 g/mol. The summed E-state index contributed by atoms with van der Waals surface area (Å²) in [5.74, 6) is 0.697. The Labute approximate surface area is 83.1 Å². The van der Waals surface area contributed by atoms with Gasteiger partial charge >= 0.3 is 0 Å². The Balaban J connectivity index is 2.90. The van der Waals surface area contributed by atoms with Crippen LogP contribution in [0.15, 0.2) is 0 Å². The van der Waals surface area contributed by atoms with Crippen molar-refractivity contribution >= 4 is 5.82 Å². The number of aromatic nitrogens is 2. The zero-order chi connectivity index (χ0) is 10.7. The van der Waals surface area contributed by atoms with Gasteiger partial charge in [0.05, 0.1) is 5.69 Å². The van der Waals surface area contributed by atoms with Gasteiger partial charge in [0.15, 0.2) is 5.82 Å². The fourth-order valence-corrected chi connectivity index (χ4v) is 1.38. The van der Waals surface area contributed by atoms with E-state index in [4.69, 9.17) is 16.7 Å². The van der Waals surface area contributed by atoms with Crippen LogP contribution in [0, 0.1) is 17.2 Å². The van der Waals surface area contributed by atoms with E-state index in [0.29, 0.717) is 17.2 Å². The molecule has 0 aromatic carbocycles. The predicted octanol–water partition coefficient (Wildman–Crippen LogP) is 0.909. The number of nitriles is 1. The van der Waals surface area contributed by atoms with Crippen molar-refractivity contribution < 1.29 is 0 Å². The third-order valence-electron chi connectivity index (χ3n) is 2.03. The standard InChI is InChI=1S/C9H15N5/c1-5(2)3-7(11)8-6(4-10)9(12)14-13-8/h5,7H,3,11H2,1-2H3,(H3,12,13,14). The maximum atomic E-state index is 8.83. The van der Waals surface area contributed by atoms with Crippen molar-refractivity contribution in [3.8, 4) is 6.07 Å². The number of nitrogens with zero attached hydrogens (tertiary/aromatic N) is 2. The minimum absolute atomic E-state index is 0.200. The zero-order valence-corrected chi connectivity index (χ0v) is 8.41. The predicted molar refractivity (Wildman–Crippen MR) is 54.1 cm³/mol. The molecule has 0 aliphatic rings. The smallest absolute Gasteiger partial charge is 0.163 e. The second-order valence-electron chi connectivity index (χ2n) is 3.75. The van der Waals surface area contributed by atoms with Crippen LogP contribution in [0.2, 0.25) is 0 Å². The first-order valence-electron chi connectivity index (χ1n) is 4.55. The van der Waals surface area contributed by atoms with Gasteiger partial charge in [0.1, 0.15) is 11.6 Å². The van der Waals surface area contributed by atoms with Gasteiger partial charge in [-0.05, 0) is 12.3 Å². The van der Waals surface area contributed by atoms with Gasteiger partial charge in [0.25, 0.3) is 0 Å². The van der Waals surface area contributed by atoms with Crippen molar-refractivity contribution in [3.63, 3.8) is 0 Å². The summed E-state index contributed by atoms with van der Waals surface area (Å²) in [7, 11) is 0. The molecule has 1 unspecified atom stereocenters. The van der Waals surface area contributed by atoms with Crippen LogP contribution in [0.5, 0.6) is 0 Å². The van der Waals surface area contributed by atoms with Gasteiger partial charge in [-0.15, -0.1) is 0 Å². The summed E-state index contributed by atoms with van der Waals surface area (Å²) in [5.41, 5.74) is 12.4. The van der Waals surface area contributed by atoms with Gasteiger partial charge in [-0.3, -0.25) is 5.10 Å². The van der Waals surface area contributed by atoms with Crippen LogP contribution < -0.4 is 11.5 Å². The number of nitrogens with one attached hydrogen (secondary N) is 1. The second kappa shape index (κ2) is 4.11. The molecule has 0 bridgehead atoms.